The highest BCUT2D eigenvalue weighted by Crippen LogP contribution is 2.17. The Hall–Kier alpha value is -1.99. The first kappa shape index (κ1) is 12.5. The van der Waals surface area contributed by atoms with Crippen molar-refractivity contribution >= 4 is 22.6 Å². The van der Waals surface area contributed by atoms with Gasteiger partial charge in [-0.2, -0.15) is 5.10 Å². The summed E-state index contributed by atoms with van der Waals surface area (Å²) in [6.45, 7) is 2.06. The van der Waals surface area contributed by atoms with Crippen molar-refractivity contribution in [2.24, 2.45) is 5.73 Å². The average Bonchev–Trinajstić information content (AvgIpc) is 2.71. The van der Waals surface area contributed by atoms with Crippen LogP contribution in [0.3, 0.4) is 0 Å². The molecule has 0 bridgehead atoms. The molecule has 0 spiro atoms. The third kappa shape index (κ3) is 2.47. The van der Waals surface area contributed by atoms with Crippen LogP contribution in [0.2, 0.25) is 0 Å². The summed E-state index contributed by atoms with van der Waals surface area (Å²) in [4.78, 5) is 15.8. The zero-order valence-corrected chi connectivity index (χ0v) is 10.2. The van der Waals surface area contributed by atoms with Crippen molar-refractivity contribution < 1.29 is 9.53 Å². The fourth-order valence-corrected chi connectivity index (χ4v) is 1.58. The van der Waals surface area contributed by atoms with Crippen LogP contribution in [0.5, 0.6) is 0 Å². The molecule has 0 radical (unpaired) electrons. The van der Waals surface area contributed by atoms with E-state index >= 15 is 0 Å². The highest BCUT2D eigenvalue weighted by molar-refractivity contribution is 5.96. The predicted octanol–water partition coefficient (Wildman–Crippen LogP) is 0.179. The minimum Gasteiger partial charge on any atom is -0.383 e. The molecule has 7 heteroatoms. The number of H-pyrrole nitrogens is 1. The van der Waals surface area contributed by atoms with E-state index in [9.17, 15) is 4.79 Å². The van der Waals surface area contributed by atoms with E-state index in [4.69, 9.17) is 10.5 Å². The molecule has 0 fully saturated rings. The number of aryl methyl sites for hydroxylation is 1. The number of ether oxygens (including phenoxy) is 1. The molecule has 1 atom stereocenters. The van der Waals surface area contributed by atoms with Gasteiger partial charge in [-0.15, -0.1) is 0 Å². The van der Waals surface area contributed by atoms with Crippen molar-refractivity contribution in [2.45, 2.75) is 13.0 Å². The smallest absolute Gasteiger partial charge is 0.243 e. The number of fused-ring (bicyclic) bond motifs is 1. The monoisotopic (exact) mass is 249 g/mol. The summed E-state index contributed by atoms with van der Waals surface area (Å²) in [6, 6.07) is 1.11. The molecule has 18 heavy (non-hydrogen) atoms. The molecule has 0 aliphatic heterocycles. The van der Waals surface area contributed by atoms with Crippen LogP contribution < -0.4 is 11.1 Å². The Morgan fingerprint density at radius 3 is 3.17 bits per heavy atom. The van der Waals surface area contributed by atoms with Gasteiger partial charge in [-0.25, -0.2) is 4.98 Å². The zero-order chi connectivity index (χ0) is 13.1. The predicted molar refractivity (Wildman–Crippen MR) is 67.1 cm³/mol. The first-order chi connectivity index (χ1) is 8.61. The first-order valence-corrected chi connectivity index (χ1v) is 5.48. The van der Waals surface area contributed by atoms with Crippen molar-refractivity contribution in [1.82, 2.24) is 15.2 Å². The second-order valence-electron chi connectivity index (χ2n) is 3.99. The number of amides is 1. The van der Waals surface area contributed by atoms with E-state index in [0.717, 1.165) is 11.1 Å². The lowest BCUT2D eigenvalue weighted by Gasteiger charge is -2.10. The third-order valence-electron chi connectivity index (χ3n) is 2.55. The van der Waals surface area contributed by atoms with Crippen LogP contribution in [-0.2, 0) is 9.53 Å². The first-order valence-electron chi connectivity index (χ1n) is 5.48. The molecular weight excluding hydrogens is 234 g/mol. The Labute approximate surface area is 104 Å². The summed E-state index contributed by atoms with van der Waals surface area (Å²) in [5, 5.41) is 10.4. The van der Waals surface area contributed by atoms with Gasteiger partial charge >= 0.3 is 0 Å². The maximum absolute atomic E-state index is 11.7. The van der Waals surface area contributed by atoms with Crippen LogP contribution in [0.25, 0.3) is 11.0 Å². The lowest BCUT2D eigenvalue weighted by atomic mass is 10.2. The van der Waals surface area contributed by atoms with E-state index in [0.29, 0.717) is 11.3 Å². The molecule has 96 valence electrons. The summed E-state index contributed by atoms with van der Waals surface area (Å²) in [5.74, 6) is -0.306. The number of nitrogens with zero attached hydrogens (tertiary/aromatic N) is 2. The second kappa shape index (κ2) is 5.11. The topological polar surface area (TPSA) is 106 Å². The number of hydrogen-bond acceptors (Lipinski definition) is 5. The Kier molecular flexibility index (Phi) is 3.54. The van der Waals surface area contributed by atoms with E-state index < -0.39 is 6.04 Å². The standard InChI is InChI=1S/C11H15N5O2/c1-6-8-3-7(4-13-10(8)16-15-6)14-11(17)9(12)5-18-2/h3-4,9H,5,12H2,1-2H3,(H,14,17)(H,13,15,16). The molecular formula is C11H15N5O2. The van der Waals surface area contributed by atoms with Crippen molar-refractivity contribution in [1.29, 1.82) is 0 Å². The molecule has 0 saturated carbocycles. The Bertz CT molecular complexity index is 566. The van der Waals surface area contributed by atoms with Crippen molar-refractivity contribution in [2.75, 3.05) is 19.0 Å². The average molecular weight is 249 g/mol. The molecule has 2 aromatic heterocycles. The Balaban J connectivity index is 2.16. The van der Waals surface area contributed by atoms with Crippen molar-refractivity contribution in [3.63, 3.8) is 0 Å². The van der Waals surface area contributed by atoms with E-state index in [2.05, 4.69) is 20.5 Å². The molecule has 0 aliphatic carbocycles. The van der Waals surface area contributed by atoms with Crippen molar-refractivity contribution in [3.05, 3.63) is 18.0 Å². The lowest BCUT2D eigenvalue weighted by molar-refractivity contribution is -0.118. The number of carbonyl (C=O) groups is 1. The molecule has 4 N–H and O–H groups in total. The number of anilines is 1. The molecule has 0 saturated heterocycles. The number of nitrogens with two attached hydrogens (primary N) is 1. The van der Waals surface area contributed by atoms with Crippen LogP contribution in [0, 0.1) is 6.92 Å². The van der Waals surface area contributed by atoms with Crippen LogP contribution in [0.15, 0.2) is 12.3 Å². The van der Waals surface area contributed by atoms with Gasteiger partial charge in [0.25, 0.3) is 0 Å². The van der Waals surface area contributed by atoms with E-state index in [1.54, 1.807) is 12.3 Å². The molecule has 1 amide bonds. The highest BCUT2D eigenvalue weighted by Gasteiger charge is 2.14. The van der Waals surface area contributed by atoms with Crippen LogP contribution in [0.1, 0.15) is 5.69 Å². The molecule has 2 rings (SSSR count). The molecule has 0 aliphatic rings. The third-order valence-corrected chi connectivity index (χ3v) is 2.55. The number of carbonyl (C=O) groups excluding carboxylic acids is 1. The van der Waals surface area contributed by atoms with E-state index in [1.807, 2.05) is 6.92 Å². The number of methoxy groups -OCH3 is 1. The van der Waals surface area contributed by atoms with Gasteiger partial charge in [0, 0.05) is 18.2 Å². The fourth-order valence-electron chi connectivity index (χ4n) is 1.58. The van der Waals surface area contributed by atoms with Gasteiger partial charge in [-0.1, -0.05) is 0 Å². The summed E-state index contributed by atoms with van der Waals surface area (Å²) < 4.78 is 4.82. The summed E-state index contributed by atoms with van der Waals surface area (Å²) in [6.07, 6.45) is 1.54. The van der Waals surface area contributed by atoms with Gasteiger partial charge < -0.3 is 15.8 Å². The van der Waals surface area contributed by atoms with Crippen LogP contribution in [-0.4, -0.2) is 40.8 Å². The summed E-state index contributed by atoms with van der Waals surface area (Å²) in [5.41, 5.74) is 7.72. The van der Waals surface area contributed by atoms with Gasteiger partial charge in [-0.3, -0.25) is 9.89 Å². The van der Waals surface area contributed by atoms with Gasteiger partial charge in [0.15, 0.2) is 5.65 Å². The van der Waals surface area contributed by atoms with Gasteiger partial charge in [0.05, 0.1) is 18.5 Å². The number of nitrogens with one attached hydrogen (secondary N) is 2. The quantitative estimate of drug-likeness (QED) is 0.716. The molecule has 2 heterocycles. The number of aromatic amines is 1. The lowest BCUT2D eigenvalue weighted by Crippen LogP contribution is -2.39. The fraction of sp³-hybridized carbons (Fsp3) is 0.364. The normalized spacial score (nSPS) is 12.6. The van der Waals surface area contributed by atoms with Crippen LogP contribution >= 0.6 is 0 Å². The summed E-state index contributed by atoms with van der Waals surface area (Å²) in [7, 11) is 1.50. The summed E-state index contributed by atoms with van der Waals surface area (Å²) >= 11 is 0. The second-order valence-corrected chi connectivity index (χ2v) is 3.99. The Morgan fingerprint density at radius 2 is 2.44 bits per heavy atom. The number of rotatable bonds is 4. The van der Waals surface area contributed by atoms with Crippen LogP contribution in [0.4, 0.5) is 5.69 Å². The van der Waals surface area contributed by atoms with E-state index in [-0.39, 0.29) is 12.5 Å². The molecule has 0 aromatic carbocycles. The minimum atomic E-state index is -0.698. The number of hydrogen-bond donors (Lipinski definition) is 3. The zero-order valence-electron chi connectivity index (χ0n) is 10.2. The van der Waals surface area contributed by atoms with Crippen molar-refractivity contribution in [3.8, 4) is 0 Å². The molecule has 1 unspecified atom stereocenters. The molecule has 7 nitrogen and oxygen atoms in total. The van der Waals surface area contributed by atoms with Gasteiger partial charge in [-0.05, 0) is 13.0 Å². The molecule has 2 aromatic rings. The maximum Gasteiger partial charge on any atom is 0.243 e. The Morgan fingerprint density at radius 1 is 1.67 bits per heavy atom. The minimum absolute atomic E-state index is 0.173. The highest BCUT2D eigenvalue weighted by atomic mass is 16.5. The van der Waals surface area contributed by atoms with Gasteiger partial charge in [0.1, 0.15) is 6.04 Å². The number of aromatic nitrogens is 3. The van der Waals surface area contributed by atoms with Gasteiger partial charge in [0.2, 0.25) is 5.91 Å². The van der Waals surface area contributed by atoms with E-state index in [1.165, 1.54) is 7.11 Å². The SMILES string of the molecule is COCC(N)C(=O)Nc1cnc2n[nH]c(C)c2c1. The largest absolute Gasteiger partial charge is 0.383 e. The maximum atomic E-state index is 11.7. The number of pyridine rings is 1.